The molecule has 2 aromatic carbocycles. The molecule has 3 rings (SSSR count). The van der Waals surface area contributed by atoms with Crippen LogP contribution in [0.4, 0.5) is 13.2 Å². The molecular weight excluding hydrogens is 327 g/mol. The van der Waals surface area contributed by atoms with Crippen LogP contribution < -0.4 is 0 Å². The Morgan fingerprint density at radius 3 is 2.56 bits per heavy atom. The summed E-state index contributed by atoms with van der Waals surface area (Å²) in [5.74, 6) is -1.27. The van der Waals surface area contributed by atoms with Crippen molar-refractivity contribution in [2.24, 2.45) is 5.92 Å². The molecule has 0 saturated carbocycles. The summed E-state index contributed by atoms with van der Waals surface area (Å²) in [4.78, 5) is 13.0. The number of rotatable bonds is 4. The smallest absolute Gasteiger partial charge is 0.298 e. The third-order valence-electron chi connectivity index (χ3n) is 4.71. The van der Waals surface area contributed by atoms with Crippen LogP contribution in [0.3, 0.4) is 0 Å². The molecular formula is C20H20F3NO. The maximum Gasteiger partial charge on any atom is 0.393 e. The zero-order chi connectivity index (χ0) is 17.9. The van der Waals surface area contributed by atoms with Crippen LogP contribution in [0.15, 0.2) is 48.5 Å². The highest BCUT2D eigenvalue weighted by Gasteiger charge is 2.41. The Kier molecular flexibility index (Phi) is 5.23. The zero-order valence-corrected chi connectivity index (χ0v) is 13.8. The van der Waals surface area contributed by atoms with Crippen molar-refractivity contribution in [3.05, 3.63) is 59.7 Å². The van der Waals surface area contributed by atoms with E-state index in [1.165, 1.54) is 0 Å². The first-order valence-electron chi connectivity index (χ1n) is 8.40. The van der Waals surface area contributed by atoms with Crippen molar-refractivity contribution < 1.29 is 18.0 Å². The highest BCUT2D eigenvalue weighted by Crippen LogP contribution is 2.34. The Morgan fingerprint density at radius 2 is 1.88 bits per heavy atom. The number of hydrogen-bond donors (Lipinski definition) is 0. The van der Waals surface area contributed by atoms with E-state index in [9.17, 15) is 18.0 Å². The lowest BCUT2D eigenvalue weighted by molar-refractivity contribution is -0.187. The van der Waals surface area contributed by atoms with E-state index < -0.39 is 12.1 Å². The van der Waals surface area contributed by atoms with Gasteiger partial charge in [-0.05, 0) is 42.1 Å². The van der Waals surface area contributed by atoms with Crippen LogP contribution >= 0.6 is 0 Å². The summed E-state index contributed by atoms with van der Waals surface area (Å²) in [6.07, 6.45) is -2.64. The van der Waals surface area contributed by atoms with Gasteiger partial charge in [0.15, 0.2) is 0 Å². The number of benzene rings is 2. The SMILES string of the molecule is O=Cc1ccc(-c2ccccc2)c(CN2CCCC(C(F)(F)F)C2)c1. The maximum atomic E-state index is 13.0. The Bertz CT molecular complexity index is 727. The van der Waals surface area contributed by atoms with Gasteiger partial charge in [-0.15, -0.1) is 0 Å². The van der Waals surface area contributed by atoms with Crippen molar-refractivity contribution in [3.8, 4) is 11.1 Å². The molecule has 1 aliphatic heterocycles. The van der Waals surface area contributed by atoms with Gasteiger partial charge < -0.3 is 0 Å². The minimum absolute atomic E-state index is 0.0169. The molecule has 0 radical (unpaired) electrons. The molecule has 0 aromatic heterocycles. The molecule has 1 heterocycles. The lowest BCUT2D eigenvalue weighted by atomic mass is 9.94. The fraction of sp³-hybridized carbons (Fsp3) is 0.350. The predicted molar refractivity (Wildman–Crippen MR) is 91.3 cm³/mol. The van der Waals surface area contributed by atoms with Gasteiger partial charge in [0, 0.05) is 18.7 Å². The molecule has 0 N–H and O–H groups in total. The molecule has 1 aliphatic rings. The summed E-state index contributed by atoms with van der Waals surface area (Å²) in [6, 6.07) is 15.1. The third-order valence-corrected chi connectivity index (χ3v) is 4.71. The molecule has 0 bridgehead atoms. The normalized spacial score (nSPS) is 18.9. The zero-order valence-electron chi connectivity index (χ0n) is 13.8. The number of halogens is 3. The van der Waals surface area contributed by atoms with Crippen molar-refractivity contribution in [2.45, 2.75) is 25.6 Å². The van der Waals surface area contributed by atoms with Crippen LogP contribution in [0.5, 0.6) is 0 Å². The fourth-order valence-electron chi connectivity index (χ4n) is 3.42. The van der Waals surface area contributed by atoms with E-state index in [2.05, 4.69) is 0 Å². The summed E-state index contributed by atoms with van der Waals surface area (Å²) in [6.45, 7) is 1.08. The van der Waals surface area contributed by atoms with E-state index >= 15 is 0 Å². The van der Waals surface area contributed by atoms with Crippen molar-refractivity contribution in [1.29, 1.82) is 0 Å². The molecule has 2 aromatic rings. The monoisotopic (exact) mass is 347 g/mol. The van der Waals surface area contributed by atoms with E-state index in [4.69, 9.17) is 0 Å². The van der Waals surface area contributed by atoms with E-state index in [-0.39, 0.29) is 13.0 Å². The Labute approximate surface area is 145 Å². The molecule has 1 unspecified atom stereocenters. The first-order valence-corrected chi connectivity index (χ1v) is 8.40. The standard InChI is InChI=1S/C20H20F3NO/c21-20(22,23)18-7-4-10-24(13-18)12-17-11-15(14-25)8-9-19(17)16-5-2-1-3-6-16/h1-3,5-6,8-9,11,14,18H,4,7,10,12-13H2. The lowest BCUT2D eigenvalue weighted by Gasteiger charge is -2.34. The average molecular weight is 347 g/mol. The molecule has 1 atom stereocenters. The minimum atomic E-state index is -4.15. The topological polar surface area (TPSA) is 20.3 Å². The Morgan fingerprint density at radius 1 is 1.12 bits per heavy atom. The number of carbonyl (C=O) groups is 1. The number of piperidine rings is 1. The summed E-state index contributed by atoms with van der Waals surface area (Å²) < 4.78 is 39.1. The third kappa shape index (κ3) is 4.28. The van der Waals surface area contributed by atoms with Crippen LogP contribution in [-0.4, -0.2) is 30.5 Å². The second-order valence-corrected chi connectivity index (χ2v) is 6.52. The molecule has 0 aliphatic carbocycles. The highest BCUT2D eigenvalue weighted by atomic mass is 19.4. The van der Waals surface area contributed by atoms with Crippen molar-refractivity contribution in [1.82, 2.24) is 4.90 Å². The molecule has 5 heteroatoms. The van der Waals surface area contributed by atoms with E-state index in [0.29, 0.717) is 25.1 Å². The highest BCUT2D eigenvalue weighted by molar-refractivity contribution is 5.78. The first-order chi connectivity index (χ1) is 12.0. The van der Waals surface area contributed by atoms with Gasteiger partial charge in [-0.3, -0.25) is 9.69 Å². The first kappa shape index (κ1) is 17.7. The van der Waals surface area contributed by atoms with Crippen molar-refractivity contribution in [2.75, 3.05) is 13.1 Å². The number of aldehydes is 1. The molecule has 1 fully saturated rings. The van der Waals surface area contributed by atoms with Crippen LogP contribution in [0.2, 0.25) is 0 Å². The number of hydrogen-bond acceptors (Lipinski definition) is 2. The Hall–Kier alpha value is -2.14. The molecule has 0 spiro atoms. The number of carbonyl (C=O) groups excluding carboxylic acids is 1. The van der Waals surface area contributed by atoms with Gasteiger partial charge in [-0.2, -0.15) is 13.2 Å². The van der Waals surface area contributed by atoms with E-state index in [1.807, 2.05) is 41.3 Å². The summed E-state index contributed by atoms with van der Waals surface area (Å²) in [5, 5.41) is 0. The molecule has 25 heavy (non-hydrogen) atoms. The average Bonchev–Trinajstić information content (AvgIpc) is 2.62. The predicted octanol–water partition coefficient (Wildman–Crippen LogP) is 4.94. The van der Waals surface area contributed by atoms with Gasteiger partial charge in [-0.25, -0.2) is 0 Å². The van der Waals surface area contributed by atoms with Crippen LogP contribution in [-0.2, 0) is 6.54 Å². The van der Waals surface area contributed by atoms with Crippen LogP contribution in [0.1, 0.15) is 28.8 Å². The second kappa shape index (κ2) is 7.40. The second-order valence-electron chi connectivity index (χ2n) is 6.52. The van der Waals surface area contributed by atoms with Crippen LogP contribution in [0, 0.1) is 5.92 Å². The van der Waals surface area contributed by atoms with Gasteiger partial charge >= 0.3 is 6.18 Å². The summed E-state index contributed by atoms with van der Waals surface area (Å²) in [7, 11) is 0. The van der Waals surface area contributed by atoms with Crippen LogP contribution in [0.25, 0.3) is 11.1 Å². The summed E-state index contributed by atoms with van der Waals surface area (Å²) >= 11 is 0. The van der Waals surface area contributed by atoms with Gasteiger partial charge in [0.2, 0.25) is 0 Å². The van der Waals surface area contributed by atoms with Gasteiger partial charge in [-0.1, -0.05) is 42.5 Å². The molecule has 2 nitrogen and oxygen atoms in total. The van der Waals surface area contributed by atoms with Crippen molar-refractivity contribution in [3.63, 3.8) is 0 Å². The molecule has 132 valence electrons. The summed E-state index contributed by atoms with van der Waals surface area (Å²) in [5.41, 5.74) is 3.39. The largest absolute Gasteiger partial charge is 0.393 e. The van der Waals surface area contributed by atoms with Gasteiger partial charge in [0.1, 0.15) is 6.29 Å². The Balaban J connectivity index is 1.87. The molecule has 1 saturated heterocycles. The van der Waals surface area contributed by atoms with Gasteiger partial charge in [0.25, 0.3) is 0 Å². The van der Waals surface area contributed by atoms with Gasteiger partial charge in [0.05, 0.1) is 5.92 Å². The number of alkyl halides is 3. The maximum absolute atomic E-state index is 13.0. The fourth-order valence-corrected chi connectivity index (χ4v) is 3.42. The minimum Gasteiger partial charge on any atom is -0.298 e. The molecule has 0 amide bonds. The number of likely N-dealkylation sites (tertiary alicyclic amines) is 1. The number of nitrogens with zero attached hydrogens (tertiary/aromatic N) is 1. The van der Waals surface area contributed by atoms with E-state index in [1.54, 1.807) is 12.1 Å². The lowest BCUT2D eigenvalue weighted by Crippen LogP contribution is -2.41. The van der Waals surface area contributed by atoms with Crippen molar-refractivity contribution >= 4 is 6.29 Å². The quantitative estimate of drug-likeness (QED) is 0.730. The van der Waals surface area contributed by atoms with E-state index in [0.717, 1.165) is 23.0 Å².